The number of rotatable bonds is 4. The summed E-state index contributed by atoms with van der Waals surface area (Å²) in [6, 6.07) is 20.3. The Labute approximate surface area is 115 Å². The van der Waals surface area contributed by atoms with E-state index in [1.165, 1.54) is 5.56 Å². The maximum atomic E-state index is 6.43. The van der Waals surface area contributed by atoms with Crippen LogP contribution in [0, 0.1) is 0 Å². The van der Waals surface area contributed by atoms with Crippen LogP contribution in [0.1, 0.15) is 11.1 Å². The lowest BCUT2D eigenvalue weighted by Gasteiger charge is -2.28. The average molecular weight is 254 g/mol. The van der Waals surface area contributed by atoms with Crippen molar-refractivity contribution in [3.8, 4) is 0 Å². The van der Waals surface area contributed by atoms with Crippen LogP contribution in [-0.4, -0.2) is 6.54 Å². The van der Waals surface area contributed by atoms with Crippen molar-refractivity contribution in [1.29, 1.82) is 0 Å². The summed E-state index contributed by atoms with van der Waals surface area (Å²) in [5.74, 6) is 0. The predicted octanol–water partition coefficient (Wildman–Crippen LogP) is 2.84. The minimum Gasteiger partial charge on any atom is -0.328 e. The van der Waals surface area contributed by atoms with Gasteiger partial charge in [-0.25, -0.2) is 0 Å². The Morgan fingerprint density at radius 1 is 0.842 bits per heavy atom. The van der Waals surface area contributed by atoms with Gasteiger partial charge in [0.2, 0.25) is 0 Å². The number of hydrogen-bond acceptors (Lipinski definition) is 2. The van der Waals surface area contributed by atoms with Gasteiger partial charge >= 0.3 is 0 Å². The Balaban J connectivity index is 0.000000861. The van der Waals surface area contributed by atoms with Gasteiger partial charge < -0.3 is 11.5 Å². The van der Waals surface area contributed by atoms with Crippen LogP contribution in [0.25, 0.3) is 0 Å². The van der Waals surface area contributed by atoms with E-state index in [0.717, 1.165) is 12.0 Å². The van der Waals surface area contributed by atoms with Gasteiger partial charge in [-0.3, -0.25) is 0 Å². The molecule has 0 aliphatic rings. The predicted molar refractivity (Wildman–Crippen MR) is 82.8 cm³/mol. The molecule has 0 saturated heterocycles. The summed E-state index contributed by atoms with van der Waals surface area (Å²) >= 11 is 0. The molecule has 1 atom stereocenters. The maximum absolute atomic E-state index is 6.43. The molecule has 4 N–H and O–H groups in total. The van der Waals surface area contributed by atoms with Crippen molar-refractivity contribution in [2.24, 2.45) is 11.5 Å². The van der Waals surface area contributed by atoms with Crippen LogP contribution in [0.4, 0.5) is 0 Å². The van der Waals surface area contributed by atoms with Crippen molar-refractivity contribution in [2.45, 2.75) is 12.0 Å². The summed E-state index contributed by atoms with van der Waals surface area (Å²) in [7, 11) is 0. The summed E-state index contributed by atoms with van der Waals surface area (Å²) in [6.07, 6.45) is 0.758. The summed E-state index contributed by atoms with van der Waals surface area (Å²) in [5.41, 5.74) is 14.1. The van der Waals surface area contributed by atoms with Crippen LogP contribution in [0.5, 0.6) is 0 Å². The number of benzene rings is 2. The van der Waals surface area contributed by atoms with Gasteiger partial charge in [-0.1, -0.05) is 60.7 Å². The Morgan fingerprint density at radius 3 is 1.79 bits per heavy atom. The van der Waals surface area contributed by atoms with Crippen LogP contribution in [0.2, 0.25) is 0 Å². The zero-order chi connectivity index (χ0) is 14.1. The molecule has 0 aromatic heterocycles. The number of nitrogens with two attached hydrogens (primary N) is 2. The normalized spacial score (nSPS) is 12.9. The molecule has 0 aliphatic heterocycles. The monoisotopic (exact) mass is 254 g/mol. The van der Waals surface area contributed by atoms with Crippen molar-refractivity contribution in [1.82, 2.24) is 0 Å². The molecular weight excluding hydrogens is 232 g/mol. The molecule has 19 heavy (non-hydrogen) atoms. The molecule has 2 heteroatoms. The van der Waals surface area contributed by atoms with Crippen LogP contribution in [0.15, 0.2) is 73.8 Å². The van der Waals surface area contributed by atoms with E-state index >= 15 is 0 Å². The highest BCUT2D eigenvalue weighted by Crippen LogP contribution is 2.21. The molecule has 0 heterocycles. The molecule has 2 aromatic carbocycles. The summed E-state index contributed by atoms with van der Waals surface area (Å²) in [6.45, 7) is 6.44. The molecule has 0 radical (unpaired) electrons. The smallest absolute Gasteiger partial charge is 0.0574 e. The van der Waals surface area contributed by atoms with Gasteiger partial charge in [0.15, 0.2) is 0 Å². The van der Waals surface area contributed by atoms with Gasteiger partial charge in [0.25, 0.3) is 0 Å². The van der Waals surface area contributed by atoms with Crippen LogP contribution >= 0.6 is 0 Å². The van der Waals surface area contributed by atoms with E-state index in [1.54, 1.807) is 0 Å². The van der Waals surface area contributed by atoms with Crippen LogP contribution < -0.4 is 11.5 Å². The third-order valence-electron chi connectivity index (χ3n) is 3.08. The SMILES string of the molecule is C=C.NCC(N)(Cc1ccccc1)c1ccccc1. The van der Waals surface area contributed by atoms with Crippen molar-refractivity contribution < 1.29 is 0 Å². The van der Waals surface area contributed by atoms with Gasteiger partial charge in [-0.05, 0) is 17.5 Å². The molecule has 1 unspecified atom stereocenters. The lowest BCUT2D eigenvalue weighted by molar-refractivity contribution is 0.453. The molecule has 2 aromatic rings. The fourth-order valence-corrected chi connectivity index (χ4v) is 2.02. The van der Waals surface area contributed by atoms with E-state index in [0.29, 0.717) is 6.54 Å². The summed E-state index contributed by atoms with van der Waals surface area (Å²) < 4.78 is 0. The molecular formula is C17H22N2. The Bertz CT molecular complexity index is 467. The zero-order valence-corrected chi connectivity index (χ0v) is 11.3. The third kappa shape index (κ3) is 4.05. The largest absolute Gasteiger partial charge is 0.328 e. The fourth-order valence-electron chi connectivity index (χ4n) is 2.02. The molecule has 0 bridgehead atoms. The first-order valence-electron chi connectivity index (χ1n) is 6.33. The maximum Gasteiger partial charge on any atom is 0.0574 e. The molecule has 0 saturated carbocycles. The molecule has 0 aliphatic carbocycles. The molecule has 100 valence electrons. The Hall–Kier alpha value is -1.90. The number of hydrogen-bond donors (Lipinski definition) is 2. The van der Waals surface area contributed by atoms with E-state index in [-0.39, 0.29) is 0 Å². The minimum absolute atomic E-state index is 0.436. The van der Waals surface area contributed by atoms with Crippen molar-refractivity contribution in [3.63, 3.8) is 0 Å². The summed E-state index contributed by atoms with van der Waals surface area (Å²) in [4.78, 5) is 0. The average Bonchev–Trinajstić information content (AvgIpc) is 2.51. The van der Waals surface area contributed by atoms with E-state index in [1.807, 2.05) is 48.5 Å². The molecule has 2 nitrogen and oxygen atoms in total. The lowest BCUT2D eigenvalue weighted by atomic mass is 9.85. The van der Waals surface area contributed by atoms with E-state index in [4.69, 9.17) is 11.5 Å². The fraction of sp³-hybridized carbons (Fsp3) is 0.176. The van der Waals surface area contributed by atoms with Crippen molar-refractivity contribution in [2.75, 3.05) is 6.54 Å². The zero-order valence-electron chi connectivity index (χ0n) is 11.3. The van der Waals surface area contributed by atoms with Crippen molar-refractivity contribution >= 4 is 0 Å². The summed E-state index contributed by atoms with van der Waals surface area (Å²) in [5, 5.41) is 0. The van der Waals surface area contributed by atoms with E-state index in [9.17, 15) is 0 Å². The van der Waals surface area contributed by atoms with Gasteiger partial charge in [-0.2, -0.15) is 0 Å². The van der Waals surface area contributed by atoms with Gasteiger partial charge in [0.05, 0.1) is 5.54 Å². The second kappa shape index (κ2) is 7.52. The van der Waals surface area contributed by atoms with Gasteiger partial charge in [0.1, 0.15) is 0 Å². The molecule has 0 amide bonds. The third-order valence-corrected chi connectivity index (χ3v) is 3.08. The van der Waals surface area contributed by atoms with Gasteiger partial charge in [0, 0.05) is 6.54 Å². The topological polar surface area (TPSA) is 52.0 Å². The van der Waals surface area contributed by atoms with E-state index in [2.05, 4.69) is 25.3 Å². The highest BCUT2D eigenvalue weighted by atomic mass is 14.8. The second-order valence-corrected chi connectivity index (χ2v) is 4.39. The standard InChI is InChI=1S/C15H18N2.C2H4/c16-12-15(17,14-9-5-2-6-10-14)11-13-7-3-1-4-8-13;1-2/h1-10H,11-12,16-17H2;1-2H2. The lowest BCUT2D eigenvalue weighted by Crippen LogP contribution is -2.45. The highest BCUT2D eigenvalue weighted by molar-refractivity contribution is 5.28. The molecule has 2 rings (SSSR count). The highest BCUT2D eigenvalue weighted by Gasteiger charge is 2.25. The second-order valence-electron chi connectivity index (χ2n) is 4.39. The Morgan fingerprint density at radius 2 is 1.32 bits per heavy atom. The van der Waals surface area contributed by atoms with Crippen LogP contribution in [0.3, 0.4) is 0 Å². The first-order chi connectivity index (χ1) is 9.24. The quantitative estimate of drug-likeness (QED) is 0.824. The Kier molecular flexibility index (Phi) is 6.00. The minimum atomic E-state index is -0.484. The van der Waals surface area contributed by atoms with Crippen LogP contribution in [-0.2, 0) is 12.0 Å². The molecule has 0 spiro atoms. The molecule has 0 fully saturated rings. The van der Waals surface area contributed by atoms with Gasteiger partial charge in [-0.15, -0.1) is 13.2 Å². The first-order valence-corrected chi connectivity index (χ1v) is 6.33. The van der Waals surface area contributed by atoms with Crippen molar-refractivity contribution in [3.05, 3.63) is 84.9 Å². The first kappa shape index (κ1) is 15.2. The van der Waals surface area contributed by atoms with E-state index < -0.39 is 5.54 Å².